The maximum absolute atomic E-state index is 5.77. The number of fused-ring (bicyclic) bond motifs is 1. The summed E-state index contributed by atoms with van der Waals surface area (Å²) in [6, 6.07) is 10.3. The molecule has 0 N–H and O–H groups in total. The molecule has 1 heterocycles. The van der Waals surface area contributed by atoms with Crippen molar-refractivity contribution in [2.24, 2.45) is 159 Å². The van der Waals surface area contributed by atoms with Gasteiger partial charge in [-0.25, -0.2) is 0 Å². The van der Waals surface area contributed by atoms with Gasteiger partial charge in [-0.1, -0.05) is 34.4 Å². The first-order valence-corrected chi connectivity index (χ1v) is 22.9. The van der Waals surface area contributed by atoms with Gasteiger partial charge in [0.25, 0.3) is 0 Å². The van der Waals surface area contributed by atoms with Gasteiger partial charge in [0.1, 0.15) is 5.75 Å². The van der Waals surface area contributed by atoms with Gasteiger partial charge in [0.15, 0.2) is 0 Å². The van der Waals surface area contributed by atoms with Crippen molar-refractivity contribution < 1.29 is 4.74 Å². The minimum atomic E-state index is 0.464. The summed E-state index contributed by atoms with van der Waals surface area (Å²) in [6.07, 6.45) is 13.0. The Morgan fingerprint density at radius 1 is 0.608 bits per heavy atom. The summed E-state index contributed by atoms with van der Waals surface area (Å²) in [5.74, 6) is 29.6. The first kappa shape index (κ1) is 26.3. The number of benzene rings is 1. The summed E-state index contributed by atoms with van der Waals surface area (Å²) in [4.78, 5) is 2.96. The summed E-state index contributed by atoms with van der Waals surface area (Å²) in [7, 11) is 4.44. The lowest BCUT2D eigenvalue weighted by Crippen LogP contribution is -2.59. The van der Waals surface area contributed by atoms with E-state index >= 15 is 0 Å². The zero-order valence-corrected chi connectivity index (χ0v) is 30.6. The number of ether oxygens (including phenoxy) is 1. The molecule has 1 aliphatic heterocycles. The number of allylic oxidation sites excluding steroid dienone is 3. The van der Waals surface area contributed by atoms with Crippen molar-refractivity contribution in [3.05, 3.63) is 52.1 Å². The first-order valence-electron chi connectivity index (χ1n) is 22.9. The SMILES string of the molecule is COc1ccc(C2N(C)CC3C4=C5C6C7=C(C4)CC4CC8CC9CC%10CC%11CC%12CC32C2C5C3C6C5C(C74)C8C4C9C%10C6C%11C(C3C6C45)C%122)cc1. The monoisotopic (exact) mass is 673 g/mol. The molecule has 1 aromatic carbocycles. The molecule has 0 aromatic heterocycles. The Balaban J connectivity index is 0.964. The van der Waals surface area contributed by atoms with Crippen molar-refractivity contribution >= 4 is 0 Å². The van der Waals surface area contributed by atoms with E-state index in [4.69, 9.17) is 4.74 Å². The molecule has 1 saturated heterocycles. The van der Waals surface area contributed by atoms with Crippen LogP contribution in [0.25, 0.3) is 0 Å². The Hall–Kier alpha value is -1.54. The molecule has 1 aromatic rings. The predicted octanol–water partition coefficient (Wildman–Crippen LogP) is 8.62. The molecule has 0 amide bonds. The molecule has 18 rings (SSSR count). The lowest BCUT2D eigenvalue weighted by molar-refractivity contribution is -0.149. The van der Waals surface area contributed by atoms with Crippen LogP contribution in [0.15, 0.2) is 46.6 Å². The number of hydrogen-bond donors (Lipinski definition) is 0. The van der Waals surface area contributed by atoms with E-state index in [0.29, 0.717) is 11.5 Å². The molecular weight excluding hydrogens is 619 g/mol. The summed E-state index contributed by atoms with van der Waals surface area (Å²) >= 11 is 0. The second-order valence-electron chi connectivity index (χ2n) is 23.9. The van der Waals surface area contributed by atoms with Crippen LogP contribution in [0.1, 0.15) is 63.0 Å². The van der Waals surface area contributed by atoms with Gasteiger partial charge in [0.2, 0.25) is 0 Å². The number of likely N-dealkylation sites (tertiary alicyclic amines) is 1. The lowest BCUT2D eigenvalue weighted by atomic mass is 9.41. The van der Waals surface area contributed by atoms with E-state index in [-0.39, 0.29) is 0 Å². The van der Waals surface area contributed by atoms with Crippen molar-refractivity contribution in [1.29, 1.82) is 0 Å². The molecule has 17 aliphatic rings. The molecule has 28 unspecified atom stereocenters. The van der Waals surface area contributed by atoms with Gasteiger partial charge in [-0.2, -0.15) is 0 Å². The smallest absolute Gasteiger partial charge is 0.118 e. The van der Waals surface area contributed by atoms with Crippen LogP contribution in [0.3, 0.4) is 0 Å². The molecular formula is C49H55NO. The van der Waals surface area contributed by atoms with E-state index < -0.39 is 0 Å². The van der Waals surface area contributed by atoms with E-state index in [1.54, 1.807) is 50.5 Å². The summed E-state index contributed by atoms with van der Waals surface area (Å²) in [5.41, 5.74) is 10.8. The Labute approximate surface area is 304 Å². The average molecular weight is 674 g/mol. The van der Waals surface area contributed by atoms with Gasteiger partial charge in [0.05, 0.1) is 7.11 Å². The summed E-state index contributed by atoms with van der Waals surface area (Å²) < 4.78 is 5.77. The Bertz CT molecular complexity index is 2030. The van der Waals surface area contributed by atoms with Gasteiger partial charge in [-0.15, -0.1) is 0 Å². The number of hydrogen-bond acceptors (Lipinski definition) is 2. The number of nitrogens with zero attached hydrogens (tertiary/aromatic N) is 1. The summed E-state index contributed by atoms with van der Waals surface area (Å²) in [5, 5.41) is 0. The fourth-order valence-electron chi connectivity index (χ4n) is 26.0. The molecule has 262 valence electrons. The highest BCUT2D eigenvalue weighted by Crippen LogP contribution is 2.93. The maximum Gasteiger partial charge on any atom is 0.118 e. The van der Waals surface area contributed by atoms with Crippen LogP contribution in [-0.2, 0) is 0 Å². The predicted molar refractivity (Wildman–Crippen MR) is 193 cm³/mol. The van der Waals surface area contributed by atoms with Crippen LogP contribution in [0.4, 0.5) is 0 Å². The highest BCUT2D eigenvalue weighted by molar-refractivity contribution is 5.56. The molecule has 2 heteroatoms. The maximum atomic E-state index is 5.77. The quantitative estimate of drug-likeness (QED) is 0.292. The molecule has 28 atom stereocenters. The molecule has 14 fully saturated rings. The van der Waals surface area contributed by atoms with Crippen LogP contribution in [0, 0.1) is 159 Å². The molecule has 16 aliphatic carbocycles. The third kappa shape index (κ3) is 2.21. The Kier molecular flexibility index (Phi) is 3.88. The van der Waals surface area contributed by atoms with E-state index in [9.17, 15) is 0 Å². The second kappa shape index (κ2) is 7.52. The topological polar surface area (TPSA) is 12.5 Å². The summed E-state index contributed by atoms with van der Waals surface area (Å²) in [6.45, 7) is 1.34. The minimum absolute atomic E-state index is 0.464. The van der Waals surface area contributed by atoms with E-state index in [1.807, 2.05) is 7.11 Å². The van der Waals surface area contributed by atoms with E-state index in [2.05, 4.69) is 58.5 Å². The standard InChI is InChI=1S/C49H55NO/c1-50-15-26-25-13-22-11-19-9-20-8-17-7-18-10-21-12-23-14-49(26,48(50)16-3-5-24(51-2)6-4-16)47-33(23)38-32(21)37-28(18)27(17)35-31(20)36-29(19)30(22)39-34(25)46(47)45-43(38)41(37)40(35)42(36)44(39)45/h3-6,17-21,23,26-29,31-33,35-48H,7-15H2,1-2H3. The lowest BCUT2D eigenvalue weighted by Gasteiger charge is -2.62. The highest BCUT2D eigenvalue weighted by Gasteiger charge is 2.88. The van der Waals surface area contributed by atoms with Crippen molar-refractivity contribution in [1.82, 2.24) is 4.90 Å². The number of methoxy groups -OCH3 is 1. The molecule has 13 saturated carbocycles. The zero-order chi connectivity index (χ0) is 32.0. The van der Waals surface area contributed by atoms with Crippen LogP contribution in [0.2, 0.25) is 0 Å². The van der Waals surface area contributed by atoms with Gasteiger partial charge < -0.3 is 4.74 Å². The third-order valence-electron chi connectivity index (χ3n) is 24.5. The van der Waals surface area contributed by atoms with E-state index in [1.165, 1.54) is 54.4 Å². The van der Waals surface area contributed by atoms with Crippen LogP contribution in [0.5, 0.6) is 5.75 Å². The fourth-order valence-corrected chi connectivity index (χ4v) is 26.0. The van der Waals surface area contributed by atoms with Gasteiger partial charge in [-0.05, 0) is 218 Å². The zero-order valence-electron chi connectivity index (χ0n) is 30.6. The van der Waals surface area contributed by atoms with E-state index in [0.717, 1.165) is 118 Å². The van der Waals surface area contributed by atoms with Gasteiger partial charge >= 0.3 is 0 Å². The molecule has 0 bridgehead atoms. The van der Waals surface area contributed by atoms with Crippen LogP contribution in [-0.4, -0.2) is 25.6 Å². The average Bonchev–Trinajstić information content (AvgIpc) is 3.98. The molecule has 0 radical (unpaired) electrons. The largest absolute Gasteiger partial charge is 0.497 e. The Morgan fingerprint density at radius 3 is 1.94 bits per heavy atom. The van der Waals surface area contributed by atoms with Crippen molar-refractivity contribution in [2.75, 3.05) is 20.7 Å². The van der Waals surface area contributed by atoms with Crippen molar-refractivity contribution in [3.63, 3.8) is 0 Å². The fraction of sp³-hybridized carbons (Fsp3) is 0.796. The van der Waals surface area contributed by atoms with Gasteiger partial charge in [-0.3, -0.25) is 4.90 Å². The highest BCUT2D eigenvalue weighted by atomic mass is 16.5. The molecule has 2 nitrogen and oxygen atoms in total. The first-order chi connectivity index (χ1) is 25.2. The molecule has 51 heavy (non-hydrogen) atoms. The molecule has 1 spiro atoms. The number of rotatable bonds is 2. The minimum Gasteiger partial charge on any atom is -0.497 e. The van der Waals surface area contributed by atoms with Gasteiger partial charge in [0, 0.05) is 29.8 Å². The van der Waals surface area contributed by atoms with Crippen LogP contribution < -0.4 is 4.74 Å². The second-order valence-corrected chi connectivity index (χ2v) is 23.9. The normalized spacial score (nSPS) is 70.7. The van der Waals surface area contributed by atoms with Crippen LogP contribution >= 0.6 is 0 Å². The van der Waals surface area contributed by atoms with Crippen molar-refractivity contribution in [2.45, 2.75) is 57.4 Å². The third-order valence-corrected chi connectivity index (χ3v) is 24.5. The Morgan fingerprint density at radius 2 is 1.20 bits per heavy atom. The van der Waals surface area contributed by atoms with Crippen molar-refractivity contribution in [3.8, 4) is 5.75 Å².